The third kappa shape index (κ3) is 5.21. The van der Waals surface area contributed by atoms with Crippen LogP contribution in [0.1, 0.15) is 46.5 Å². The fourth-order valence-corrected chi connectivity index (χ4v) is 6.56. The number of carbonyl (C=O) groups is 1. The summed E-state index contributed by atoms with van der Waals surface area (Å²) in [6.07, 6.45) is 3.45. The second kappa shape index (κ2) is 9.09. The number of rotatable bonds is 4. The molecule has 0 radical (unpaired) electrons. The Morgan fingerprint density at radius 2 is 1.56 bits per heavy atom. The third-order valence-electron chi connectivity index (χ3n) is 7.36. The molecule has 1 aromatic rings. The van der Waals surface area contributed by atoms with E-state index in [-0.39, 0.29) is 22.1 Å². The quantitative estimate of drug-likeness (QED) is 0.467. The Bertz CT molecular complexity index is 1010. The van der Waals surface area contributed by atoms with Gasteiger partial charge in [0.15, 0.2) is 0 Å². The molecule has 0 unspecified atom stereocenters. The molecule has 0 aromatic heterocycles. The summed E-state index contributed by atoms with van der Waals surface area (Å²) in [5, 5.41) is 10.8. The number of nitrogens with zero attached hydrogens (tertiary/aromatic N) is 4. The summed E-state index contributed by atoms with van der Waals surface area (Å²) in [7, 11) is -3.66. The zero-order chi connectivity index (χ0) is 24.7. The number of sulfonamides is 1. The average Bonchev–Trinajstić information content (AvgIpc) is 2.73. The molecular formula is C23H34N4O6S. The molecule has 4 rings (SSSR count). The summed E-state index contributed by atoms with van der Waals surface area (Å²) in [6, 6.07) is 5.47. The normalized spacial score (nSPS) is 22.4. The van der Waals surface area contributed by atoms with Crippen molar-refractivity contribution in [3.63, 3.8) is 0 Å². The van der Waals surface area contributed by atoms with E-state index in [4.69, 9.17) is 4.74 Å². The molecule has 0 atom stereocenters. The van der Waals surface area contributed by atoms with Crippen molar-refractivity contribution >= 4 is 21.8 Å². The number of nitro groups is 1. The van der Waals surface area contributed by atoms with Gasteiger partial charge < -0.3 is 9.64 Å². The second-order valence-corrected chi connectivity index (χ2v) is 12.7. The molecule has 188 valence electrons. The molecule has 3 aliphatic rings. The highest BCUT2D eigenvalue weighted by Gasteiger charge is 2.44. The molecule has 3 aliphatic heterocycles. The summed E-state index contributed by atoms with van der Waals surface area (Å²) < 4.78 is 33.0. The fraction of sp³-hybridized carbons (Fsp3) is 0.696. The molecule has 0 aliphatic carbocycles. The van der Waals surface area contributed by atoms with E-state index >= 15 is 0 Å². The molecule has 3 heterocycles. The van der Waals surface area contributed by atoms with E-state index in [9.17, 15) is 23.3 Å². The number of piperidine rings is 2. The van der Waals surface area contributed by atoms with E-state index < -0.39 is 20.5 Å². The maximum absolute atomic E-state index is 13.0. The van der Waals surface area contributed by atoms with Crippen LogP contribution in [0.3, 0.4) is 0 Å². The summed E-state index contributed by atoms with van der Waals surface area (Å²) in [4.78, 5) is 26.8. The molecule has 0 N–H and O–H groups in total. The number of benzene rings is 1. The zero-order valence-electron chi connectivity index (χ0n) is 20.1. The van der Waals surface area contributed by atoms with Crippen LogP contribution >= 0.6 is 0 Å². The van der Waals surface area contributed by atoms with Gasteiger partial charge >= 0.3 is 6.09 Å². The topological polar surface area (TPSA) is 113 Å². The Kier molecular flexibility index (Phi) is 6.65. The van der Waals surface area contributed by atoms with Gasteiger partial charge in [0.1, 0.15) is 5.60 Å². The number of hydrogen-bond donors (Lipinski definition) is 0. The molecule has 3 saturated heterocycles. The SMILES string of the molecule is CC(C)(C)OC(=O)N1CC(N2CCC3(CC2)CCN(S(=O)(=O)c2ccc([N+](=O)[O-])cc2)CC3)C1. The number of non-ortho nitro benzene ring substituents is 1. The Labute approximate surface area is 201 Å². The van der Waals surface area contributed by atoms with Gasteiger partial charge in [0.05, 0.1) is 9.82 Å². The molecule has 1 aromatic carbocycles. The number of ether oxygens (including phenoxy) is 1. The lowest BCUT2D eigenvalue weighted by atomic mass is 9.71. The van der Waals surface area contributed by atoms with Crippen LogP contribution in [0.2, 0.25) is 0 Å². The summed E-state index contributed by atoms with van der Waals surface area (Å²) in [6.45, 7) is 9.86. The predicted octanol–water partition coefficient (Wildman–Crippen LogP) is 3.08. The lowest BCUT2D eigenvalue weighted by Gasteiger charge is -2.51. The highest BCUT2D eigenvalue weighted by molar-refractivity contribution is 7.89. The maximum Gasteiger partial charge on any atom is 0.410 e. The van der Waals surface area contributed by atoms with Crippen LogP contribution in [-0.4, -0.2) is 84.5 Å². The van der Waals surface area contributed by atoms with Crippen molar-refractivity contribution in [1.29, 1.82) is 0 Å². The molecule has 3 fully saturated rings. The van der Waals surface area contributed by atoms with Crippen molar-refractivity contribution in [2.75, 3.05) is 39.3 Å². The van der Waals surface area contributed by atoms with Crippen molar-refractivity contribution in [2.45, 2.75) is 63.0 Å². The first-order valence-electron chi connectivity index (χ1n) is 11.9. The summed E-state index contributed by atoms with van der Waals surface area (Å²) in [5.74, 6) is 0. The van der Waals surface area contributed by atoms with Crippen LogP contribution < -0.4 is 0 Å². The molecule has 11 heteroatoms. The van der Waals surface area contributed by atoms with Crippen LogP contribution in [0.4, 0.5) is 10.5 Å². The average molecular weight is 495 g/mol. The van der Waals surface area contributed by atoms with Crippen molar-refractivity contribution in [1.82, 2.24) is 14.1 Å². The number of likely N-dealkylation sites (tertiary alicyclic amines) is 2. The van der Waals surface area contributed by atoms with E-state index in [1.807, 2.05) is 20.8 Å². The smallest absolute Gasteiger partial charge is 0.410 e. The Morgan fingerprint density at radius 1 is 1.03 bits per heavy atom. The van der Waals surface area contributed by atoms with Gasteiger partial charge in [-0.05, 0) is 77.1 Å². The molecule has 1 amide bonds. The number of carbonyl (C=O) groups excluding carboxylic acids is 1. The standard InChI is InChI=1S/C23H34N4O6S/c1-22(2,3)33-21(28)25-16-19(17-25)24-12-8-23(9-13-24)10-14-26(15-11-23)34(31,32)20-6-4-18(5-7-20)27(29)30/h4-7,19H,8-17H2,1-3H3. The first kappa shape index (κ1) is 24.9. The number of hydrogen-bond acceptors (Lipinski definition) is 7. The molecule has 0 saturated carbocycles. The molecule has 10 nitrogen and oxygen atoms in total. The monoisotopic (exact) mass is 494 g/mol. The van der Waals surface area contributed by atoms with Crippen LogP contribution in [0, 0.1) is 15.5 Å². The first-order chi connectivity index (χ1) is 15.9. The highest BCUT2D eigenvalue weighted by atomic mass is 32.2. The van der Waals surface area contributed by atoms with Gasteiger partial charge in [-0.25, -0.2) is 13.2 Å². The molecule has 1 spiro atoms. The van der Waals surface area contributed by atoms with Crippen molar-refractivity contribution < 1.29 is 22.9 Å². The van der Waals surface area contributed by atoms with Crippen LogP contribution in [0.25, 0.3) is 0 Å². The van der Waals surface area contributed by atoms with Crippen molar-refractivity contribution in [3.8, 4) is 0 Å². The molecule has 34 heavy (non-hydrogen) atoms. The fourth-order valence-electron chi connectivity index (χ4n) is 5.12. The van der Waals surface area contributed by atoms with E-state index in [1.165, 1.54) is 28.6 Å². The van der Waals surface area contributed by atoms with Gasteiger partial charge in [0, 0.05) is 44.4 Å². The third-order valence-corrected chi connectivity index (χ3v) is 9.27. The van der Waals surface area contributed by atoms with Gasteiger partial charge in [0.2, 0.25) is 10.0 Å². The highest BCUT2D eigenvalue weighted by Crippen LogP contribution is 2.43. The van der Waals surface area contributed by atoms with Gasteiger partial charge in [-0.2, -0.15) is 4.31 Å². The minimum absolute atomic E-state index is 0.100. The van der Waals surface area contributed by atoms with Crippen LogP contribution in [0.15, 0.2) is 29.2 Å². The van der Waals surface area contributed by atoms with Gasteiger partial charge in [0.25, 0.3) is 5.69 Å². The van der Waals surface area contributed by atoms with Gasteiger partial charge in [-0.3, -0.25) is 15.0 Å². The maximum atomic E-state index is 13.0. The molecule has 0 bridgehead atoms. The van der Waals surface area contributed by atoms with Crippen molar-refractivity contribution in [2.24, 2.45) is 5.41 Å². The van der Waals surface area contributed by atoms with E-state index in [1.54, 1.807) is 4.90 Å². The summed E-state index contributed by atoms with van der Waals surface area (Å²) >= 11 is 0. The zero-order valence-corrected chi connectivity index (χ0v) is 20.9. The van der Waals surface area contributed by atoms with Crippen LogP contribution in [-0.2, 0) is 14.8 Å². The number of nitro benzene ring substituents is 1. The second-order valence-electron chi connectivity index (χ2n) is 10.7. The minimum Gasteiger partial charge on any atom is -0.444 e. The minimum atomic E-state index is -3.66. The predicted molar refractivity (Wildman–Crippen MR) is 126 cm³/mol. The summed E-state index contributed by atoms with van der Waals surface area (Å²) in [5.41, 5.74) is -0.448. The Hall–Kier alpha value is -2.24. The largest absolute Gasteiger partial charge is 0.444 e. The number of amides is 1. The Morgan fingerprint density at radius 3 is 2.06 bits per heavy atom. The lowest BCUT2D eigenvalue weighted by molar-refractivity contribution is -0.384. The van der Waals surface area contributed by atoms with E-state index in [2.05, 4.69) is 4.90 Å². The first-order valence-corrected chi connectivity index (χ1v) is 13.3. The van der Waals surface area contributed by atoms with Crippen molar-refractivity contribution in [3.05, 3.63) is 34.4 Å². The lowest BCUT2D eigenvalue weighted by Crippen LogP contribution is -2.63. The van der Waals surface area contributed by atoms with E-state index in [0.29, 0.717) is 32.2 Å². The van der Waals surface area contributed by atoms with Gasteiger partial charge in [-0.15, -0.1) is 0 Å². The van der Waals surface area contributed by atoms with Gasteiger partial charge in [-0.1, -0.05) is 0 Å². The Balaban J connectivity index is 1.26. The molecular weight excluding hydrogens is 460 g/mol. The van der Waals surface area contributed by atoms with E-state index in [0.717, 1.165) is 38.8 Å². The van der Waals surface area contributed by atoms with Crippen LogP contribution in [0.5, 0.6) is 0 Å².